The number of carbonyl (C=O) groups is 3. The van der Waals surface area contributed by atoms with Crippen LogP contribution in [0.5, 0.6) is 0 Å². The fourth-order valence-electron chi connectivity index (χ4n) is 6.57. The van der Waals surface area contributed by atoms with E-state index in [0.717, 1.165) is 135 Å². The van der Waals surface area contributed by atoms with Gasteiger partial charge in [0.05, 0.1) is 34.4 Å². The van der Waals surface area contributed by atoms with Crippen LogP contribution in [0.1, 0.15) is 181 Å². The molecular weight excluding hydrogens is 863 g/mol. The minimum absolute atomic E-state index is 0.176. The molecule has 0 amide bonds. The number of quaternary nitrogens is 1. The summed E-state index contributed by atoms with van der Waals surface area (Å²) in [5.74, 6) is -2.06. The zero-order valence-electron chi connectivity index (χ0n) is 44.2. The van der Waals surface area contributed by atoms with Crippen LogP contribution in [0.15, 0.2) is 122 Å². The van der Waals surface area contributed by atoms with Gasteiger partial charge in [-0.2, -0.15) is 0 Å². The standard InChI is InChI=1S/C60H97NO8/c1-6-8-10-12-14-16-18-19-20-21-22-23-24-25-26-27-28-29-30-31-32-33-34-35-36-37-38-39-41-43-45-47-49-51-58(63)69-56(55-68-60(59(64)65)66-53-52-61(3,4)5)54-67-57(62)50-48-46-44-42-40-17-15-13-11-9-7-2/h8,10,13-16,19-20,22-23,25-26,28-29,31-32,34-35,37-38,56,60H,6-7,9,11-12,17-18,21,24,27,30,33,36,39-55H2,1-5H3/p+1/b10-8-,15-13-,16-14-,20-19-,23-22-,26-25-,29-28-,32-31-,35-34-,38-37-. The summed E-state index contributed by atoms with van der Waals surface area (Å²) < 4.78 is 22.7. The molecule has 0 saturated carbocycles. The van der Waals surface area contributed by atoms with E-state index < -0.39 is 24.3 Å². The number of unbranched alkanes of at least 4 members (excludes halogenated alkanes) is 12. The second-order valence-corrected chi connectivity index (χ2v) is 18.4. The van der Waals surface area contributed by atoms with Gasteiger partial charge in [-0.25, -0.2) is 4.79 Å². The number of carboxylic acid groups (broad SMARTS) is 1. The highest BCUT2D eigenvalue weighted by Crippen LogP contribution is 2.12. The zero-order chi connectivity index (χ0) is 50.6. The molecule has 0 aromatic carbocycles. The third-order valence-electron chi connectivity index (χ3n) is 10.7. The molecule has 0 saturated heterocycles. The van der Waals surface area contributed by atoms with Crippen LogP contribution in [0, 0.1) is 0 Å². The first kappa shape index (κ1) is 64.7. The average Bonchev–Trinajstić information content (AvgIpc) is 3.31. The predicted molar refractivity (Wildman–Crippen MR) is 290 cm³/mol. The maximum Gasteiger partial charge on any atom is 0.361 e. The summed E-state index contributed by atoms with van der Waals surface area (Å²) in [4.78, 5) is 37.2. The van der Waals surface area contributed by atoms with Gasteiger partial charge in [0.15, 0.2) is 6.10 Å². The predicted octanol–water partition coefficient (Wildman–Crippen LogP) is 15.3. The van der Waals surface area contributed by atoms with E-state index in [1.807, 2.05) is 21.1 Å². The molecule has 390 valence electrons. The van der Waals surface area contributed by atoms with Gasteiger partial charge in [-0.05, 0) is 103 Å². The van der Waals surface area contributed by atoms with E-state index in [2.05, 4.69) is 135 Å². The fraction of sp³-hybridized carbons (Fsp3) is 0.617. The first-order valence-corrected chi connectivity index (χ1v) is 26.7. The molecular formula is C60H98NO8+. The topological polar surface area (TPSA) is 108 Å². The number of carboxylic acids is 1. The Hall–Kier alpha value is -4.31. The molecule has 0 radical (unpaired) electrons. The van der Waals surface area contributed by atoms with Crippen molar-refractivity contribution >= 4 is 17.9 Å². The smallest absolute Gasteiger partial charge is 0.361 e. The molecule has 0 rings (SSSR count). The molecule has 0 spiro atoms. The third kappa shape index (κ3) is 51.4. The number of nitrogens with zero attached hydrogens (tertiary/aromatic N) is 1. The van der Waals surface area contributed by atoms with Gasteiger partial charge < -0.3 is 28.5 Å². The largest absolute Gasteiger partial charge is 0.477 e. The van der Waals surface area contributed by atoms with Gasteiger partial charge in [0.2, 0.25) is 0 Å². The Bertz CT molecular complexity index is 1540. The maximum atomic E-state index is 12.8. The van der Waals surface area contributed by atoms with Crippen LogP contribution in [0.25, 0.3) is 0 Å². The van der Waals surface area contributed by atoms with Crippen LogP contribution < -0.4 is 0 Å². The quantitative estimate of drug-likeness (QED) is 0.0211. The van der Waals surface area contributed by atoms with Gasteiger partial charge in [-0.15, -0.1) is 0 Å². The highest BCUT2D eigenvalue weighted by Gasteiger charge is 2.25. The second-order valence-electron chi connectivity index (χ2n) is 18.4. The Balaban J connectivity index is 4.29. The summed E-state index contributed by atoms with van der Waals surface area (Å²) in [5.41, 5.74) is 0. The van der Waals surface area contributed by atoms with Crippen molar-refractivity contribution < 1.29 is 42.9 Å². The van der Waals surface area contributed by atoms with Gasteiger partial charge in [-0.1, -0.05) is 187 Å². The lowest BCUT2D eigenvalue weighted by molar-refractivity contribution is -0.870. The Morgan fingerprint density at radius 3 is 1.25 bits per heavy atom. The van der Waals surface area contributed by atoms with E-state index in [1.165, 1.54) is 12.8 Å². The number of hydrogen-bond acceptors (Lipinski definition) is 7. The Kier molecular flexibility index (Phi) is 47.0. The SMILES string of the molecule is CC/C=C\C/C=C\C/C=C\C/C=C\C/C=C\C/C=C\C/C=C\C/C=C\C/C=C\CCCCCCCC(=O)OC(COC(=O)CCCCCCC/C=C\CCCC)COC(OCC[N+](C)(C)C)C(=O)O. The first-order valence-electron chi connectivity index (χ1n) is 26.7. The van der Waals surface area contributed by atoms with Crippen molar-refractivity contribution in [2.75, 3.05) is 47.5 Å². The van der Waals surface area contributed by atoms with Crippen molar-refractivity contribution in [3.8, 4) is 0 Å². The monoisotopic (exact) mass is 961 g/mol. The number of esters is 2. The van der Waals surface area contributed by atoms with E-state index in [9.17, 15) is 19.5 Å². The molecule has 0 aliphatic carbocycles. The molecule has 0 aliphatic rings. The fourth-order valence-corrected chi connectivity index (χ4v) is 6.57. The van der Waals surface area contributed by atoms with E-state index in [-0.39, 0.29) is 38.6 Å². The van der Waals surface area contributed by atoms with E-state index in [1.54, 1.807) is 0 Å². The zero-order valence-corrected chi connectivity index (χ0v) is 44.2. The first-order chi connectivity index (χ1) is 33.6. The molecule has 2 unspecified atom stereocenters. The van der Waals surface area contributed by atoms with Crippen molar-refractivity contribution in [1.29, 1.82) is 0 Å². The molecule has 0 aliphatic heterocycles. The van der Waals surface area contributed by atoms with Crippen molar-refractivity contribution in [1.82, 2.24) is 0 Å². The normalized spacial score (nSPS) is 13.8. The third-order valence-corrected chi connectivity index (χ3v) is 10.7. The summed E-state index contributed by atoms with van der Waals surface area (Å²) in [5, 5.41) is 9.66. The van der Waals surface area contributed by atoms with Crippen molar-refractivity contribution in [2.45, 2.75) is 193 Å². The molecule has 0 fully saturated rings. The number of aliphatic carboxylic acids is 1. The minimum Gasteiger partial charge on any atom is -0.477 e. The Morgan fingerprint density at radius 1 is 0.449 bits per heavy atom. The molecule has 0 aromatic heterocycles. The number of carbonyl (C=O) groups excluding carboxylic acids is 2. The summed E-state index contributed by atoms with van der Waals surface area (Å²) in [6.07, 6.45) is 67.1. The summed E-state index contributed by atoms with van der Waals surface area (Å²) in [6, 6.07) is 0. The van der Waals surface area contributed by atoms with Crippen LogP contribution >= 0.6 is 0 Å². The van der Waals surface area contributed by atoms with E-state index >= 15 is 0 Å². The van der Waals surface area contributed by atoms with Gasteiger partial charge in [-0.3, -0.25) is 9.59 Å². The summed E-state index contributed by atoms with van der Waals surface area (Å²) in [6.45, 7) is 4.65. The van der Waals surface area contributed by atoms with Crippen LogP contribution in [0.2, 0.25) is 0 Å². The number of ether oxygens (including phenoxy) is 4. The van der Waals surface area contributed by atoms with Gasteiger partial charge in [0, 0.05) is 12.8 Å². The Labute approximate surface area is 421 Å². The van der Waals surface area contributed by atoms with Crippen molar-refractivity contribution in [3.63, 3.8) is 0 Å². The number of allylic oxidation sites excluding steroid dienone is 20. The molecule has 2 atom stereocenters. The molecule has 0 heterocycles. The lowest BCUT2D eigenvalue weighted by atomic mass is 10.1. The van der Waals surface area contributed by atoms with Crippen LogP contribution in [-0.4, -0.2) is 87.4 Å². The summed E-state index contributed by atoms with van der Waals surface area (Å²) in [7, 11) is 5.94. The molecule has 1 N–H and O–H groups in total. The number of likely N-dealkylation sites (N-methyl/N-ethyl adjacent to an activating group) is 1. The second kappa shape index (κ2) is 50.1. The van der Waals surface area contributed by atoms with Crippen molar-refractivity contribution in [3.05, 3.63) is 122 Å². The lowest BCUT2D eigenvalue weighted by Crippen LogP contribution is -2.40. The van der Waals surface area contributed by atoms with Gasteiger partial charge >= 0.3 is 17.9 Å². The maximum absolute atomic E-state index is 12.8. The molecule has 69 heavy (non-hydrogen) atoms. The number of hydrogen-bond donors (Lipinski definition) is 1. The lowest BCUT2D eigenvalue weighted by Gasteiger charge is -2.25. The number of rotatable bonds is 47. The molecule has 9 nitrogen and oxygen atoms in total. The molecule has 0 bridgehead atoms. The van der Waals surface area contributed by atoms with Crippen molar-refractivity contribution in [2.24, 2.45) is 0 Å². The molecule has 9 heteroatoms. The van der Waals surface area contributed by atoms with Crippen LogP contribution in [0.3, 0.4) is 0 Å². The summed E-state index contributed by atoms with van der Waals surface area (Å²) >= 11 is 0. The highest BCUT2D eigenvalue weighted by atomic mass is 16.7. The Morgan fingerprint density at radius 2 is 0.826 bits per heavy atom. The van der Waals surface area contributed by atoms with Crippen LogP contribution in [0.4, 0.5) is 0 Å². The minimum atomic E-state index is -1.52. The highest BCUT2D eigenvalue weighted by molar-refractivity contribution is 5.71. The van der Waals surface area contributed by atoms with Gasteiger partial charge in [0.1, 0.15) is 13.2 Å². The molecule has 0 aromatic rings. The van der Waals surface area contributed by atoms with E-state index in [0.29, 0.717) is 17.4 Å². The average molecular weight is 961 g/mol. The van der Waals surface area contributed by atoms with Crippen LogP contribution in [-0.2, 0) is 33.3 Å². The van der Waals surface area contributed by atoms with Gasteiger partial charge in [0.25, 0.3) is 6.29 Å². The van der Waals surface area contributed by atoms with E-state index in [4.69, 9.17) is 18.9 Å².